The molecule has 0 aliphatic carbocycles. The van der Waals surface area contributed by atoms with Crippen LogP contribution in [0.5, 0.6) is 23.0 Å². The first-order valence-electron chi connectivity index (χ1n) is 11.0. The van der Waals surface area contributed by atoms with Crippen LogP contribution in [0, 0.1) is 0 Å². The summed E-state index contributed by atoms with van der Waals surface area (Å²) in [6.45, 7) is 2.17. The van der Waals surface area contributed by atoms with E-state index in [1.54, 1.807) is 39.3 Å². The van der Waals surface area contributed by atoms with Gasteiger partial charge < -0.3 is 19.1 Å². The predicted octanol–water partition coefficient (Wildman–Crippen LogP) is 6.08. The topological polar surface area (TPSA) is 48.0 Å². The van der Waals surface area contributed by atoms with Crippen molar-refractivity contribution in [2.75, 3.05) is 28.3 Å². The predicted molar refractivity (Wildman–Crippen MR) is 133 cm³/mol. The van der Waals surface area contributed by atoms with Gasteiger partial charge in [-0.15, -0.1) is 0 Å². The molecule has 3 rings (SSSR count). The van der Waals surface area contributed by atoms with Gasteiger partial charge in [0.05, 0.1) is 14.2 Å². The molecule has 0 unspecified atom stereocenters. The SMILES string of the molecule is CCCc1ccc(Oc2ccc(/C(=C\c3cc(OC)cc(OC)c3)C(=O)N(C)C)cc2)cc1. The average molecular weight is 446 g/mol. The van der Waals surface area contributed by atoms with Crippen LogP contribution in [-0.2, 0) is 11.2 Å². The standard InChI is InChI=1S/C28H31NO4/c1-6-7-20-8-12-23(13-9-20)33-24-14-10-22(11-15-24)27(28(30)29(2)3)18-21-16-25(31-4)19-26(17-21)32-5/h8-19H,6-7H2,1-5H3/b27-18+. The maximum Gasteiger partial charge on any atom is 0.253 e. The van der Waals surface area contributed by atoms with Crippen LogP contribution in [-0.4, -0.2) is 39.1 Å². The number of carbonyl (C=O) groups is 1. The summed E-state index contributed by atoms with van der Waals surface area (Å²) in [5.41, 5.74) is 3.46. The van der Waals surface area contributed by atoms with Crippen LogP contribution in [0.2, 0.25) is 0 Å². The minimum atomic E-state index is -0.100. The Balaban J connectivity index is 1.89. The van der Waals surface area contributed by atoms with Crippen molar-refractivity contribution in [3.05, 3.63) is 83.4 Å². The number of likely N-dealkylation sites (N-methyl/N-ethyl adjacent to an activating group) is 1. The van der Waals surface area contributed by atoms with Gasteiger partial charge in [0, 0.05) is 25.7 Å². The van der Waals surface area contributed by atoms with E-state index in [0.29, 0.717) is 22.8 Å². The molecule has 0 N–H and O–H groups in total. The number of methoxy groups -OCH3 is 2. The van der Waals surface area contributed by atoms with Crippen molar-refractivity contribution in [3.63, 3.8) is 0 Å². The molecular weight excluding hydrogens is 414 g/mol. The molecule has 1 amide bonds. The van der Waals surface area contributed by atoms with Crippen molar-refractivity contribution in [2.24, 2.45) is 0 Å². The average Bonchev–Trinajstić information content (AvgIpc) is 2.83. The highest BCUT2D eigenvalue weighted by atomic mass is 16.5. The minimum Gasteiger partial charge on any atom is -0.497 e. The van der Waals surface area contributed by atoms with Crippen LogP contribution >= 0.6 is 0 Å². The highest BCUT2D eigenvalue weighted by Gasteiger charge is 2.15. The van der Waals surface area contributed by atoms with Crippen molar-refractivity contribution >= 4 is 17.6 Å². The second-order valence-electron chi connectivity index (χ2n) is 7.92. The number of amides is 1. The molecule has 0 bridgehead atoms. The molecule has 0 radical (unpaired) electrons. The summed E-state index contributed by atoms with van der Waals surface area (Å²) in [7, 11) is 6.68. The Bertz CT molecular complexity index is 1080. The third-order valence-corrected chi connectivity index (χ3v) is 5.18. The largest absolute Gasteiger partial charge is 0.497 e. The number of rotatable bonds is 9. The van der Waals surface area contributed by atoms with E-state index in [9.17, 15) is 4.79 Å². The van der Waals surface area contributed by atoms with E-state index in [1.807, 2.05) is 54.6 Å². The van der Waals surface area contributed by atoms with Gasteiger partial charge in [-0.05, 0) is 65.6 Å². The molecule has 0 saturated heterocycles. The second kappa shape index (κ2) is 11.2. The number of aryl methyl sites for hydroxylation is 1. The number of benzene rings is 3. The molecule has 0 heterocycles. The third-order valence-electron chi connectivity index (χ3n) is 5.18. The van der Waals surface area contributed by atoms with Crippen molar-refractivity contribution in [2.45, 2.75) is 19.8 Å². The lowest BCUT2D eigenvalue weighted by Gasteiger charge is -2.15. The van der Waals surface area contributed by atoms with E-state index < -0.39 is 0 Å². The Morgan fingerprint density at radius 3 is 1.85 bits per heavy atom. The molecule has 3 aromatic carbocycles. The van der Waals surface area contributed by atoms with Gasteiger partial charge in [0.15, 0.2) is 0 Å². The van der Waals surface area contributed by atoms with Gasteiger partial charge in [-0.2, -0.15) is 0 Å². The van der Waals surface area contributed by atoms with E-state index in [0.717, 1.165) is 29.7 Å². The maximum absolute atomic E-state index is 13.0. The molecule has 3 aromatic rings. The fourth-order valence-corrected chi connectivity index (χ4v) is 3.44. The highest BCUT2D eigenvalue weighted by Crippen LogP contribution is 2.29. The Morgan fingerprint density at radius 2 is 1.36 bits per heavy atom. The summed E-state index contributed by atoms with van der Waals surface area (Å²) in [5, 5.41) is 0. The normalized spacial score (nSPS) is 11.1. The number of ether oxygens (including phenoxy) is 3. The van der Waals surface area contributed by atoms with E-state index in [-0.39, 0.29) is 5.91 Å². The molecule has 5 nitrogen and oxygen atoms in total. The number of hydrogen-bond donors (Lipinski definition) is 0. The van der Waals surface area contributed by atoms with Crippen LogP contribution in [0.15, 0.2) is 66.7 Å². The summed E-state index contributed by atoms with van der Waals surface area (Å²) in [6.07, 6.45) is 4.02. The van der Waals surface area contributed by atoms with Gasteiger partial charge in [0.25, 0.3) is 5.91 Å². The van der Waals surface area contributed by atoms with E-state index in [4.69, 9.17) is 14.2 Å². The second-order valence-corrected chi connectivity index (χ2v) is 7.92. The zero-order valence-electron chi connectivity index (χ0n) is 19.9. The van der Waals surface area contributed by atoms with Gasteiger partial charge in [-0.1, -0.05) is 37.6 Å². The smallest absolute Gasteiger partial charge is 0.253 e. The first-order valence-corrected chi connectivity index (χ1v) is 11.0. The minimum absolute atomic E-state index is 0.100. The number of carbonyl (C=O) groups excluding carboxylic acids is 1. The van der Waals surface area contributed by atoms with Crippen LogP contribution in [0.1, 0.15) is 30.0 Å². The zero-order valence-corrected chi connectivity index (χ0v) is 19.9. The Kier molecular flexibility index (Phi) is 8.14. The number of nitrogens with zero attached hydrogens (tertiary/aromatic N) is 1. The summed E-state index contributed by atoms with van der Waals surface area (Å²) < 4.78 is 16.7. The Morgan fingerprint density at radius 1 is 0.818 bits per heavy atom. The van der Waals surface area contributed by atoms with Crippen molar-refractivity contribution in [1.82, 2.24) is 4.90 Å². The van der Waals surface area contributed by atoms with Gasteiger partial charge in [-0.3, -0.25) is 4.79 Å². The first-order chi connectivity index (χ1) is 15.9. The fraction of sp³-hybridized carbons (Fsp3) is 0.250. The summed E-state index contributed by atoms with van der Waals surface area (Å²) >= 11 is 0. The van der Waals surface area contributed by atoms with Gasteiger partial charge in [0.2, 0.25) is 0 Å². The molecule has 5 heteroatoms. The summed E-state index contributed by atoms with van der Waals surface area (Å²) in [6, 6.07) is 21.2. The molecule has 0 atom stereocenters. The van der Waals surface area contributed by atoms with Crippen LogP contribution in [0.25, 0.3) is 11.6 Å². The van der Waals surface area contributed by atoms with Crippen LogP contribution in [0.3, 0.4) is 0 Å². The highest BCUT2D eigenvalue weighted by molar-refractivity contribution is 6.24. The van der Waals surface area contributed by atoms with Crippen molar-refractivity contribution in [1.29, 1.82) is 0 Å². The molecule has 0 saturated carbocycles. The van der Waals surface area contributed by atoms with Gasteiger partial charge in [0.1, 0.15) is 23.0 Å². The van der Waals surface area contributed by atoms with Gasteiger partial charge in [-0.25, -0.2) is 0 Å². The molecule has 0 fully saturated rings. The van der Waals surface area contributed by atoms with Crippen molar-refractivity contribution < 1.29 is 19.0 Å². The third kappa shape index (κ3) is 6.39. The monoisotopic (exact) mass is 445 g/mol. The lowest BCUT2D eigenvalue weighted by molar-refractivity contribution is -0.122. The molecule has 33 heavy (non-hydrogen) atoms. The molecule has 172 valence electrons. The lowest BCUT2D eigenvalue weighted by Crippen LogP contribution is -2.22. The fourth-order valence-electron chi connectivity index (χ4n) is 3.44. The van der Waals surface area contributed by atoms with Crippen LogP contribution in [0.4, 0.5) is 0 Å². The zero-order chi connectivity index (χ0) is 23.8. The van der Waals surface area contributed by atoms with Crippen molar-refractivity contribution in [3.8, 4) is 23.0 Å². The van der Waals surface area contributed by atoms with Gasteiger partial charge >= 0.3 is 0 Å². The molecule has 0 aliphatic heterocycles. The summed E-state index contributed by atoms with van der Waals surface area (Å²) in [5.74, 6) is 2.71. The van der Waals surface area contributed by atoms with E-state index in [1.165, 1.54) is 5.56 Å². The maximum atomic E-state index is 13.0. The Hall–Kier alpha value is -3.73. The first kappa shape index (κ1) is 23.9. The molecule has 0 aliphatic rings. The molecule has 0 aromatic heterocycles. The summed E-state index contributed by atoms with van der Waals surface area (Å²) in [4.78, 5) is 14.5. The van der Waals surface area contributed by atoms with Crippen LogP contribution < -0.4 is 14.2 Å². The number of hydrogen-bond acceptors (Lipinski definition) is 4. The Labute approximate surface area is 196 Å². The van der Waals surface area contributed by atoms with E-state index >= 15 is 0 Å². The quantitative estimate of drug-likeness (QED) is 0.296. The molecule has 0 spiro atoms. The lowest BCUT2D eigenvalue weighted by atomic mass is 10.0. The molecular formula is C28H31NO4. The van der Waals surface area contributed by atoms with E-state index in [2.05, 4.69) is 19.1 Å².